The average molecular weight is 488 g/mol. The van der Waals surface area contributed by atoms with Crippen LogP contribution in [-0.2, 0) is 22.6 Å². The molecule has 2 aromatic carbocycles. The number of Topliss-reactive ketones (excluding diaryl/α,β-unsaturated/α-hetero) is 1. The molecule has 0 radical (unpaired) electrons. The van der Waals surface area contributed by atoms with Crippen molar-refractivity contribution in [3.05, 3.63) is 88.9 Å². The van der Waals surface area contributed by atoms with Gasteiger partial charge in [0.2, 0.25) is 11.5 Å². The molecule has 2 aromatic heterocycles. The van der Waals surface area contributed by atoms with Crippen LogP contribution >= 0.6 is 0 Å². The number of hydrogen-bond donors (Lipinski definition) is 0. The zero-order chi connectivity index (χ0) is 25.1. The van der Waals surface area contributed by atoms with E-state index < -0.39 is 5.97 Å². The third-order valence-corrected chi connectivity index (χ3v) is 6.63. The summed E-state index contributed by atoms with van der Waals surface area (Å²) < 4.78 is 25.0. The number of carbonyl (C=O) groups is 2. The standard InChI is InChI=1S/C29H29NO6/c1-19-15-24(20(2)30(19)16-22-11-8-14-33-22)26(31)18-35-29(32)28-25(17-34-21-9-4-3-5-10-21)23-12-6-7-13-27(23)36-28/h3-7,9-10,12-13,15,22H,8,11,14,16-18H2,1-2H3. The number of rotatable bonds is 9. The summed E-state index contributed by atoms with van der Waals surface area (Å²) in [6.07, 6.45) is 2.25. The first-order valence-corrected chi connectivity index (χ1v) is 12.2. The van der Waals surface area contributed by atoms with Crippen LogP contribution in [0.3, 0.4) is 0 Å². The van der Waals surface area contributed by atoms with Gasteiger partial charge in [0.15, 0.2) is 6.61 Å². The number of fused-ring (bicyclic) bond motifs is 1. The number of esters is 1. The van der Waals surface area contributed by atoms with Crippen molar-refractivity contribution in [3.8, 4) is 5.75 Å². The van der Waals surface area contributed by atoms with Gasteiger partial charge >= 0.3 is 5.97 Å². The van der Waals surface area contributed by atoms with Gasteiger partial charge in [-0.3, -0.25) is 4.79 Å². The summed E-state index contributed by atoms with van der Waals surface area (Å²) in [5.74, 6) is -0.230. The Morgan fingerprint density at radius 1 is 1.06 bits per heavy atom. The minimum Gasteiger partial charge on any atom is -0.489 e. The molecule has 1 unspecified atom stereocenters. The number of hydrogen-bond acceptors (Lipinski definition) is 6. The van der Waals surface area contributed by atoms with Gasteiger partial charge in [0.1, 0.15) is 17.9 Å². The predicted molar refractivity (Wildman–Crippen MR) is 134 cm³/mol. The van der Waals surface area contributed by atoms with Crippen molar-refractivity contribution < 1.29 is 28.2 Å². The fourth-order valence-electron chi connectivity index (χ4n) is 4.71. The lowest BCUT2D eigenvalue weighted by Crippen LogP contribution is -2.18. The van der Waals surface area contributed by atoms with Crippen LogP contribution in [0.25, 0.3) is 11.0 Å². The summed E-state index contributed by atoms with van der Waals surface area (Å²) in [4.78, 5) is 26.0. The summed E-state index contributed by atoms with van der Waals surface area (Å²) in [6.45, 7) is 5.14. The predicted octanol–water partition coefficient (Wildman–Crippen LogP) is 5.65. The Labute approximate surface area is 209 Å². The molecule has 1 atom stereocenters. The van der Waals surface area contributed by atoms with Gasteiger partial charge in [0.05, 0.1) is 11.7 Å². The van der Waals surface area contributed by atoms with Gasteiger partial charge in [-0.2, -0.15) is 0 Å². The summed E-state index contributed by atoms with van der Waals surface area (Å²) in [5.41, 5.74) is 3.53. The van der Waals surface area contributed by atoms with E-state index in [4.69, 9.17) is 18.6 Å². The van der Waals surface area contributed by atoms with Crippen molar-refractivity contribution in [3.63, 3.8) is 0 Å². The quantitative estimate of drug-likeness (QED) is 0.224. The molecule has 0 spiro atoms. The maximum absolute atomic E-state index is 13.0. The number of aryl methyl sites for hydroxylation is 1. The zero-order valence-electron chi connectivity index (χ0n) is 20.5. The number of nitrogens with zero attached hydrogens (tertiary/aromatic N) is 1. The van der Waals surface area contributed by atoms with Crippen LogP contribution in [0.2, 0.25) is 0 Å². The van der Waals surface area contributed by atoms with E-state index in [0.29, 0.717) is 29.0 Å². The van der Waals surface area contributed by atoms with Crippen molar-refractivity contribution in [2.24, 2.45) is 0 Å². The van der Waals surface area contributed by atoms with E-state index in [1.54, 1.807) is 6.07 Å². The number of aromatic nitrogens is 1. The van der Waals surface area contributed by atoms with Gasteiger partial charge in [-0.15, -0.1) is 0 Å². The number of ketones is 1. The SMILES string of the molecule is Cc1cc(C(=O)COC(=O)c2oc3ccccc3c2COc2ccccc2)c(C)n1CC1CCCO1. The molecule has 1 aliphatic heterocycles. The third kappa shape index (κ3) is 4.93. The summed E-state index contributed by atoms with van der Waals surface area (Å²) in [7, 11) is 0. The Bertz CT molecular complexity index is 1380. The number of para-hydroxylation sites is 2. The van der Waals surface area contributed by atoms with Crippen LogP contribution in [0.5, 0.6) is 5.75 Å². The molecule has 7 nitrogen and oxygen atoms in total. The Morgan fingerprint density at radius 3 is 2.61 bits per heavy atom. The van der Waals surface area contributed by atoms with E-state index in [1.165, 1.54) is 0 Å². The van der Waals surface area contributed by atoms with Crippen LogP contribution in [0.15, 0.2) is 65.1 Å². The number of ether oxygens (including phenoxy) is 3. The molecule has 0 aliphatic carbocycles. The van der Waals surface area contributed by atoms with E-state index >= 15 is 0 Å². The largest absolute Gasteiger partial charge is 0.489 e. The van der Waals surface area contributed by atoms with Gasteiger partial charge < -0.3 is 23.2 Å². The van der Waals surface area contributed by atoms with Gasteiger partial charge in [0.25, 0.3) is 0 Å². The highest BCUT2D eigenvalue weighted by molar-refractivity contribution is 6.01. The lowest BCUT2D eigenvalue weighted by molar-refractivity contribution is 0.0442. The van der Waals surface area contributed by atoms with Crippen molar-refractivity contribution >= 4 is 22.7 Å². The van der Waals surface area contributed by atoms with E-state index in [9.17, 15) is 9.59 Å². The molecule has 0 saturated carbocycles. The van der Waals surface area contributed by atoms with Crippen molar-refractivity contribution in [1.82, 2.24) is 4.57 Å². The minimum atomic E-state index is -0.695. The van der Waals surface area contributed by atoms with Crippen LogP contribution < -0.4 is 4.74 Å². The smallest absolute Gasteiger partial charge is 0.375 e. The van der Waals surface area contributed by atoms with Crippen molar-refractivity contribution in [2.75, 3.05) is 13.2 Å². The molecule has 4 aromatic rings. The van der Waals surface area contributed by atoms with Crippen LogP contribution in [0.1, 0.15) is 50.7 Å². The Balaban J connectivity index is 1.30. The molecule has 3 heterocycles. The number of furan rings is 1. The molecule has 1 aliphatic rings. The normalized spacial score (nSPS) is 15.3. The molecule has 5 rings (SSSR count). The van der Waals surface area contributed by atoms with Crippen LogP contribution in [0, 0.1) is 13.8 Å². The molecule has 186 valence electrons. The van der Waals surface area contributed by atoms with Crippen molar-refractivity contribution in [1.29, 1.82) is 0 Å². The van der Waals surface area contributed by atoms with E-state index in [1.807, 2.05) is 68.4 Å². The summed E-state index contributed by atoms with van der Waals surface area (Å²) >= 11 is 0. The van der Waals surface area contributed by atoms with E-state index in [0.717, 1.165) is 36.2 Å². The Kier molecular flexibility index (Phi) is 6.91. The lowest BCUT2D eigenvalue weighted by Gasteiger charge is -2.14. The fraction of sp³-hybridized carbons (Fsp3) is 0.310. The summed E-state index contributed by atoms with van der Waals surface area (Å²) in [6, 6.07) is 18.5. The maximum atomic E-state index is 13.0. The van der Waals surface area contributed by atoms with Crippen LogP contribution in [-0.4, -0.2) is 35.6 Å². The van der Waals surface area contributed by atoms with E-state index in [2.05, 4.69) is 4.57 Å². The Hall–Kier alpha value is -3.84. The molecule has 1 saturated heterocycles. The first kappa shape index (κ1) is 23.9. The molecular weight excluding hydrogens is 458 g/mol. The second-order valence-corrected chi connectivity index (χ2v) is 9.04. The van der Waals surface area contributed by atoms with Crippen molar-refractivity contribution in [2.45, 2.75) is 45.9 Å². The molecule has 1 fully saturated rings. The molecule has 0 amide bonds. The van der Waals surface area contributed by atoms with Gasteiger partial charge in [-0.05, 0) is 51.0 Å². The number of carbonyl (C=O) groups excluding carboxylic acids is 2. The molecule has 7 heteroatoms. The first-order chi connectivity index (χ1) is 17.5. The second kappa shape index (κ2) is 10.4. The van der Waals surface area contributed by atoms with Gasteiger partial charge in [0, 0.05) is 35.5 Å². The topological polar surface area (TPSA) is 79.9 Å². The fourth-order valence-corrected chi connectivity index (χ4v) is 4.71. The monoisotopic (exact) mass is 487 g/mol. The second-order valence-electron chi connectivity index (χ2n) is 9.04. The Morgan fingerprint density at radius 2 is 1.83 bits per heavy atom. The third-order valence-electron chi connectivity index (χ3n) is 6.63. The van der Waals surface area contributed by atoms with Gasteiger partial charge in [-0.1, -0.05) is 36.4 Å². The molecule has 0 bridgehead atoms. The average Bonchev–Trinajstić information content (AvgIpc) is 3.61. The lowest BCUT2D eigenvalue weighted by atomic mass is 10.1. The zero-order valence-corrected chi connectivity index (χ0v) is 20.5. The highest BCUT2D eigenvalue weighted by Crippen LogP contribution is 2.28. The minimum absolute atomic E-state index is 0.0452. The first-order valence-electron chi connectivity index (χ1n) is 12.2. The highest BCUT2D eigenvalue weighted by atomic mass is 16.5. The van der Waals surface area contributed by atoms with Gasteiger partial charge in [-0.25, -0.2) is 4.79 Å². The maximum Gasteiger partial charge on any atom is 0.375 e. The molecular formula is C29H29NO6. The summed E-state index contributed by atoms with van der Waals surface area (Å²) in [5, 5.41) is 0.768. The van der Waals surface area contributed by atoms with E-state index in [-0.39, 0.29) is 30.9 Å². The molecule has 36 heavy (non-hydrogen) atoms. The molecule has 0 N–H and O–H groups in total. The highest BCUT2D eigenvalue weighted by Gasteiger charge is 2.25. The van der Waals surface area contributed by atoms with Crippen LogP contribution in [0.4, 0.5) is 0 Å². The number of benzene rings is 2.